The first-order valence-corrected chi connectivity index (χ1v) is 7.85. The Labute approximate surface area is 118 Å². The van der Waals surface area contributed by atoms with Crippen LogP contribution in [0.15, 0.2) is 18.2 Å². The number of rotatable bonds is 4. The van der Waals surface area contributed by atoms with Crippen molar-refractivity contribution in [2.45, 2.75) is 37.5 Å². The second kappa shape index (κ2) is 6.30. The van der Waals surface area contributed by atoms with Crippen molar-refractivity contribution < 1.29 is 4.79 Å². The number of amides is 1. The molecule has 1 fully saturated rings. The maximum atomic E-state index is 12.4. The molecule has 2 atom stereocenters. The van der Waals surface area contributed by atoms with Crippen LogP contribution in [0.25, 0.3) is 0 Å². The first-order chi connectivity index (χ1) is 9.15. The van der Waals surface area contributed by atoms with Crippen molar-refractivity contribution in [2.24, 2.45) is 5.84 Å². The molecule has 1 aromatic rings. The molecule has 0 saturated heterocycles. The Bertz CT molecular complexity index is 464. The van der Waals surface area contributed by atoms with Crippen molar-refractivity contribution in [1.82, 2.24) is 5.32 Å². The molecule has 0 aromatic heterocycles. The zero-order valence-electron chi connectivity index (χ0n) is 11.4. The summed E-state index contributed by atoms with van der Waals surface area (Å²) in [4.78, 5) is 12.4. The number of nitrogens with two attached hydrogens (primary N) is 1. The number of hydrazine groups is 1. The zero-order valence-corrected chi connectivity index (χ0v) is 12.2. The van der Waals surface area contributed by atoms with Crippen molar-refractivity contribution in [3.05, 3.63) is 29.3 Å². The SMILES string of the molecule is CSC1CCCC1NC(=O)c1cc(C)ccc1NN. The fourth-order valence-corrected chi connectivity index (χ4v) is 3.53. The predicted molar refractivity (Wildman–Crippen MR) is 81.4 cm³/mol. The van der Waals surface area contributed by atoms with E-state index < -0.39 is 0 Å². The molecule has 4 nitrogen and oxygen atoms in total. The highest BCUT2D eigenvalue weighted by Crippen LogP contribution is 2.29. The lowest BCUT2D eigenvalue weighted by atomic mass is 10.1. The van der Waals surface area contributed by atoms with Gasteiger partial charge in [0, 0.05) is 11.3 Å². The summed E-state index contributed by atoms with van der Waals surface area (Å²) in [6, 6.07) is 5.92. The van der Waals surface area contributed by atoms with Crippen LogP contribution in [0.1, 0.15) is 35.2 Å². The number of hydrogen-bond acceptors (Lipinski definition) is 4. The Balaban J connectivity index is 2.13. The van der Waals surface area contributed by atoms with Crippen LogP contribution in [0.2, 0.25) is 0 Å². The quantitative estimate of drug-likeness (QED) is 0.584. The number of carbonyl (C=O) groups is 1. The lowest BCUT2D eigenvalue weighted by molar-refractivity contribution is 0.0939. The molecule has 2 rings (SSSR count). The van der Waals surface area contributed by atoms with Crippen LogP contribution >= 0.6 is 11.8 Å². The number of carbonyl (C=O) groups excluding carboxylic acids is 1. The number of nitrogens with one attached hydrogen (secondary N) is 2. The number of anilines is 1. The maximum absolute atomic E-state index is 12.4. The van der Waals surface area contributed by atoms with Crippen molar-refractivity contribution in [2.75, 3.05) is 11.7 Å². The Morgan fingerprint density at radius 3 is 2.89 bits per heavy atom. The van der Waals surface area contributed by atoms with E-state index in [1.807, 2.05) is 36.9 Å². The lowest BCUT2D eigenvalue weighted by Crippen LogP contribution is -2.39. The standard InChI is InChI=1S/C14H21N3OS/c1-9-6-7-11(17-15)10(8-9)14(18)16-12-4-3-5-13(12)19-2/h6-8,12-13,17H,3-5,15H2,1-2H3,(H,16,18). The number of nitrogen functional groups attached to an aromatic ring is 1. The summed E-state index contributed by atoms with van der Waals surface area (Å²) in [5.41, 5.74) is 4.93. The van der Waals surface area contributed by atoms with E-state index in [0.29, 0.717) is 16.5 Å². The van der Waals surface area contributed by atoms with Gasteiger partial charge in [-0.2, -0.15) is 11.8 Å². The third-order valence-electron chi connectivity index (χ3n) is 3.65. The average Bonchev–Trinajstić information content (AvgIpc) is 2.85. The molecule has 19 heavy (non-hydrogen) atoms. The molecule has 2 unspecified atom stereocenters. The Kier molecular flexibility index (Phi) is 4.71. The van der Waals surface area contributed by atoms with Gasteiger partial charge in [-0.25, -0.2) is 0 Å². The highest BCUT2D eigenvalue weighted by atomic mass is 32.2. The molecule has 0 bridgehead atoms. The van der Waals surface area contributed by atoms with Crippen LogP contribution in [0, 0.1) is 6.92 Å². The second-order valence-electron chi connectivity index (χ2n) is 4.98. The normalized spacial score (nSPS) is 22.3. The van der Waals surface area contributed by atoms with Gasteiger partial charge in [0.25, 0.3) is 5.91 Å². The van der Waals surface area contributed by atoms with E-state index in [2.05, 4.69) is 17.0 Å². The van der Waals surface area contributed by atoms with Crippen LogP contribution in [0.3, 0.4) is 0 Å². The zero-order chi connectivity index (χ0) is 13.8. The van der Waals surface area contributed by atoms with Crippen LogP contribution in [0.4, 0.5) is 5.69 Å². The van der Waals surface area contributed by atoms with E-state index in [1.165, 1.54) is 12.8 Å². The Morgan fingerprint density at radius 1 is 1.42 bits per heavy atom. The second-order valence-corrected chi connectivity index (χ2v) is 6.06. The molecule has 0 spiro atoms. The maximum Gasteiger partial charge on any atom is 0.253 e. The van der Waals surface area contributed by atoms with Gasteiger partial charge in [-0.15, -0.1) is 0 Å². The van der Waals surface area contributed by atoms with E-state index in [4.69, 9.17) is 5.84 Å². The molecule has 1 aliphatic rings. The van der Waals surface area contributed by atoms with Gasteiger partial charge in [0.05, 0.1) is 11.3 Å². The summed E-state index contributed by atoms with van der Waals surface area (Å²) in [6.07, 6.45) is 5.54. The van der Waals surface area contributed by atoms with Gasteiger partial charge in [0.1, 0.15) is 0 Å². The molecule has 0 heterocycles. The molecule has 4 N–H and O–H groups in total. The van der Waals surface area contributed by atoms with E-state index in [-0.39, 0.29) is 11.9 Å². The smallest absolute Gasteiger partial charge is 0.253 e. The van der Waals surface area contributed by atoms with E-state index >= 15 is 0 Å². The number of thioether (sulfide) groups is 1. The molecule has 5 heteroatoms. The summed E-state index contributed by atoms with van der Waals surface area (Å²) in [5, 5.41) is 3.67. The highest BCUT2D eigenvalue weighted by molar-refractivity contribution is 7.99. The summed E-state index contributed by atoms with van der Waals surface area (Å²) in [5.74, 6) is 5.43. The molecule has 1 aliphatic carbocycles. The van der Waals surface area contributed by atoms with Crippen LogP contribution in [-0.2, 0) is 0 Å². The predicted octanol–water partition coefficient (Wildman–Crippen LogP) is 2.29. The van der Waals surface area contributed by atoms with Gasteiger partial charge >= 0.3 is 0 Å². The minimum absolute atomic E-state index is 0.0393. The third kappa shape index (κ3) is 3.22. The van der Waals surface area contributed by atoms with Crippen LogP contribution in [-0.4, -0.2) is 23.5 Å². The molecule has 0 aliphatic heterocycles. The molecule has 1 amide bonds. The number of hydrogen-bond donors (Lipinski definition) is 3. The summed E-state index contributed by atoms with van der Waals surface area (Å²) in [6.45, 7) is 1.97. The average molecular weight is 279 g/mol. The van der Waals surface area contributed by atoms with Crippen molar-refractivity contribution in [1.29, 1.82) is 0 Å². The number of aryl methyl sites for hydroxylation is 1. The van der Waals surface area contributed by atoms with E-state index in [0.717, 1.165) is 12.0 Å². The molecule has 1 saturated carbocycles. The number of benzene rings is 1. The van der Waals surface area contributed by atoms with Crippen molar-refractivity contribution in [3.8, 4) is 0 Å². The van der Waals surface area contributed by atoms with Crippen LogP contribution < -0.4 is 16.6 Å². The van der Waals surface area contributed by atoms with Crippen molar-refractivity contribution in [3.63, 3.8) is 0 Å². The lowest BCUT2D eigenvalue weighted by Gasteiger charge is -2.20. The van der Waals surface area contributed by atoms with Gasteiger partial charge in [0.15, 0.2) is 0 Å². The van der Waals surface area contributed by atoms with Gasteiger partial charge in [-0.3, -0.25) is 10.6 Å². The first-order valence-electron chi connectivity index (χ1n) is 6.56. The van der Waals surface area contributed by atoms with Gasteiger partial charge in [0.2, 0.25) is 0 Å². The fraction of sp³-hybridized carbons (Fsp3) is 0.500. The molecule has 104 valence electrons. The summed E-state index contributed by atoms with van der Waals surface area (Å²) in [7, 11) is 0. The Morgan fingerprint density at radius 2 is 2.21 bits per heavy atom. The monoisotopic (exact) mass is 279 g/mol. The van der Waals surface area contributed by atoms with Gasteiger partial charge in [-0.1, -0.05) is 18.1 Å². The molecule has 0 radical (unpaired) electrons. The highest BCUT2D eigenvalue weighted by Gasteiger charge is 2.28. The first kappa shape index (κ1) is 14.2. The summed E-state index contributed by atoms with van der Waals surface area (Å²) >= 11 is 1.84. The minimum Gasteiger partial charge on any atom is -0.348 e. The Hall–Kier alpha value is -1.20. The molecular weight excluding hydrogens is 258 g/mol. The summed E-state index contributed by atoms with van der Waals surface area (Å²) < 4.78 is 0. The third-order valence-corrected chi connectivity index (χ3v) is 4.82. The topological polar surface area (TPSA) is 67.2 Å². The fourth-order valence-electron chi connectivity index (χ4n) is 2.59. The molecule has 1 aromatic carbocycles. The van der Waals surface area contributed by atoms with E-state index in [9.17, 15) is 4.79 Å². The van der Waals surface area contributed by atoms with Gasteiger partial charge in [-0.05, 0) is 38.2 Å². The van der Waals surface area contributed by atoms with Gasteiger partial charge < -0.3 is 10.7 Å². The van der Waals surface area contributed by atoms with Crippen LogP contribution in [0.5, 0.6) is 0 Å². The molecular formula is C14H21N3OS. The largest absolute Gasteiger partial charge is 0.348 e. The van der Waals surface area contributed by atoms with Crippen molar-refractivity contribution >= 4 is 23.4 Å². The van der Waals surface area contributed by atoms with E-state index in [1.54, 1.807) is 0 Å². The minimum atomic E-state index is -0.0393.